The molecule has 1 aliphatic carbocycles. The number of anilines is 4. The highest BCUT2D eigenvalue weighted by Gasteiger charge is 2.44. The van der Waals surface area contributed by atoms with E-state index in [0.717, 1.165) is 116 Å². The van der Waals surface area contributed by atoms with Crippen molar-refractivity contribution >= 4 is 50.9 Å². The molecule has 17 nitrogen and oxygen atoms in total. The average Bonchev–Trinajstić information content (AvgIpc) is 3.61. The minimum absolute atomic E-state index is 0.0644. The van der Waals surface area contributed by atoms with Crippen LogP contribution in [0.15, 0.2) is 35.0 Å². The summed E-state index contributed by atoms with van der Waals surface area (Å²) in [5.74, 6) is 6.43. The van der Waals surface area contributed by atoms with E-state index in [1.807, 2.05) is 25.5 Å². The van der Waals surface area contributed by atoms with Crippen LogP contribution in [0.4, 0.5) is 23.5 Å². The van der Waals surface area contributed by atoms with Gasteiger partial charge in [0.1, 0.15) is 44.5 Å². The lowest BCUT2D eigenvalue weighted by molar-refractivity contribution is 0.0903. The molecule has 5 aliphatic heterocycles. The van der Waals surface area contributed by atoms with Crippen LogP contribution in [0, 0.1) is 0 Å². The van der Waals surface area contributed by atoms with Crippen LogP contribution in [0.1, 0.15) is 61.3 Å². The van der Waals surface area contributed by atoms with Gasteiger partial charge in [0.25, 0.3) is 0 Å². The summed E-state index contributed by atoms with van der Waals surface area (Å²) in [5.41, 5.74) is 2.24. The Bertz CT molecular complexity index is 2180. The summed E-state index contributed by atoms with van der Waals surface area (Å²) < 4.78 is 40.3. The van der Waals surface area contributed by atoms with Crippen molar-refractivity contribution in [1.29, 1.82) is 0 Å². The van der Waals surface area contributed by atoms with Crippen molar-refractivity contribution in [3.8, 4) is 0 Å². The van der Waals surface area contributed by atoms with Crippen LogP contribution in [-0.4, -0.2) is 115 Å². The minimum Gasteiger partial charge on any atom is -0.492 e. The first kappa shape index (κ1) is 37.1. The van der Waals surface area contributed by atoms with Gasteiger partial charge in [-0.3, -0.25) is 8.42 Å². The van der Waals surface area contributed by atoms with Gasteiger partial charge in [-0.25, -0.2) is 19.9 Å². The summed E-state index contributed by atoms with van der Waals surface area (Å²) in [6, 6.07) is 0.283. The molecule has 2 fully saturated rings. The molecule has 298 valence electrons. The lowest BCUT2D eigenvalue weighted by Gasteiger charge is -2.29. The number of hydrogen-bond acceptors (Lipinski definition) is 15. The van der Waals surface area contributed by atoms with E-state index in [-0.39, 0.29) is 18.2 Å². The van der Waals surface area contributed by atoms with Gasteiger partial charge in [0.2, 0.25) is 11.9 Å². The molecule has 9 heterocycles. The molecule has 3 N–H and O–H groups in total. The van der Waals surface area contributed by atoms with Gasteiger partial charge in [-0.2, -0.15) is 9.97 Å². The second-order valence-corrected chi connectivity index (χ2v) is 18.0. The molecule has 0 aromatic carbocycles. The highest BCUT2D eigenvalue weighted by Crippen LogP contribution is 2.41. The maximum atomic E-state index is 12.6. The summed E-state index contributed by atoms with van der Waals surface area (Å²) in [4.78, 5) is 33.9. The number of aliphatic hydroxyl groups excluding tert-OH is 1. The lowest BCUT2D eigenvalue weighted by atomic mass is 10.1. The Kier molecular flexibility index (Phi) is 10.3. The number of aromatic nitrogens is 8. The highest BCUT2D eigenvalue weighted by molar-refractivity contribution is 7.85. The molecule has 0 bridgehead atoms. The van der Waals surface area contributed by atoms with E-state index >= 15 is 0 Å². The topological polar surface area (TPSA) is 191 Å². The number of fused-ring (bicyclic) bond motifs is 4. The van der Waals surface area contributed by atoms with Gasteiger partial charge in [0, 0.05) is 88.4 Å². The van der Waals surface area contributed by atoms with E-state index in [0.29, 0.717) is 61.1 Å². The Hall–Kier alpha value is -4.46. The molecule has 0 radical (unpaired) electrons. The molecule has 4 aromatic heterocycles. The van der Waals surface area contributed by atoms with E-state index in [4.69, 9.17) is 34.4 Å². The first-order valence-electron chi connectivity index (χ1n) is 19.5. The van der Waals surface area contributed by atoms with Crippen LogP contribution in [0.25, 0.3) is 5.76 Å². The fourth-order valence-electron chi connectivity index (χ4n) is 7.74. The molecule has 1 saturated carbocycles. The second-order valence-electron chi connectivity index (χ2n) is 15.0. The fraction of sp³-hybridized carbons (Fsp3) is 0.568. The van der Waals surface area contributed by atoms with Gasteiger partial charge in [0.05, 0.1) is 64.8 Å². The van der Waals surface area contributed by atoms with E-state index < -0.39 is 21.6 Å². The average molecular weight is 805 g/mol. The number of ether oxygens (including phenoxy) is 2. The molecule has 6 aliphatic rings. The summed E-state index contributed by atoms with van der Waals surface area (Å²) in [7, 11) is -2.11. The number of nitrogens with one attached hydrogen (secondary N) is 2. The third kappa shape index (κ3) is 7.41. The molecule has 2 atom stereocenters. The maximum Gasteiger partial charge on any atom is 0.228 e. The largest absolute Gasteiger partial charge is 0.492 e. The van der Waals surface area contributed by atoms with Crippen molar-refractivity contribution in [2.45, 2.75) is 93.0 Å². The van der Waals surface area contributed by atoms with Crippen LogP contribution in [0.5, 0.6) is 0 Å². The number of hydrogen-bond donors (Lipinski definition) is 3. The zero-order valence-corrected chi connectivity index (χ0v) is 33.2. The standard InChI is InChI=1S/C21H28N6O3S.C16H20N6O2S/c1-3-30-14(2)17-12-26-7-8-27(13-18(26)23-17)21-24-16-6-11-31(28)19(16)20(25-21)22-15-4-9-29-10-5-15;23-10-16(2-3-16)20-14-13-11(1-8-25(13)24)18-15(19-14)22-7-6-21-5-4-17-12(21)9-22/h12,15H,2-11,13H2,1H3,(H,22,24,25);4-5,23H,1-3,6-10H2,(H,18,19,20). The smallest absolute Gasteiger partial charge is 0.228 e. The molecule has 56 heavy (non-hydrogen) atoms. The number of rotatable bonds is 10. The Morgan fingerprint density at radius 1 is 0.911 bits per heavy atom. The molecule has 10 rings (SSSR count). The van der Waals surface area contributed by atoms with Crippen LogP contribution in [0.2, 0.25) is 0 Å². The second kappa shape index (κ2) is 15.5. The Balaban J connectivity index is 0.000000149. The molecule has 0 spiro atoms. The monoisotopic (exact) mass is 804 g/mol. The zero-order valence-electron chi connectivity index (χ0n) is 31.6. The molecule has 19 heteroatoms. The van der Waals surface area contributed by atoms with E-state index in [9.17, 15) is 13.5 Å². The molecular weight excluding hydrogens is 757 g/mol. The van der Waals surface area contributed by atoms with E-state index in [1.54, 1.807) is 0 Å². The van der Waals surface area contributed by atoms with Crippen LogP contribution in [0.3, 0.4) is 0 Å². The van der Waals surface area contributed by atoms with Crippen molar-refractivity contribution in [2.24, 2.45) is 0 Å². The van der Waals surface area contributed by atoms with Crippen molar-refractivity contribution in [2.75, 3.05) is 71.5 Å². The van der Waals surface area contributed by atoms with Crippen LogP contribution >= 0.6 is 0 Å². The van der Waals surface area contributed by atoms with Crippen molar-refractivity contribution in [3.63, 3.8) is 0 Å². The normalized spacial score (nSPS) is 22.0. The zero-order chi connectivity index (χ0) is 38.4. The summed E-state index contributed by atoms with van der Waals surface area (Å²) >= 11 is 0. The minimum atomic E-state index is -1.07. The molecule has 1 saturated heterocycles. The third-order valence-corrected chi connectivity index (χ3v) is 14.1. The molecule has 0 amide bonds. The summed E-state index contributed by atoms with van der Waals surface area (Å²) in [6.07, 6.45) is 10.9. The number of aliphatic hydroxyl groups is 1. The first-order valence-corrected chi connectivity index (χ1v) is 22.1. The predicted molar refractivity (Wildman–Crippen MR) is 211 cm³/mol. The highest BCUT2D eigenvalue weighted by atomic mass is 32.2. The molecule has 2 unspecified atom stereocenters. The van der Waals surface area contributed by atoms with Gasteiger partial charge < -0.3 is 44.1 Å². The predicted octanol–water partition coefficient (Wildman–Crippen LogP) is 2.25. The van der Waals surface area contributed by atoms with Crippen molar-refractivity contribution in [3.05, 3.63) is 53.9 Å². The Labute approximate surface area is 330 Å². The van der Waals surface area contributed by atoms with Crippen molar-refractivity contribution in [1.82, 2.24) is 39.0 Å². The van der Waals surface area contributed by atoms with Gasteiger partial charge >= 0.3 is 0 Å². The quantitative estimate of drug-likeness (QED) is 0.198. The van der Waals surface area contributed by atoms with Crippen LogP contribution < -0.4 is 20.4 Å². The summed E-state index contributed by atoms with van der Waals surface area (Å²) in [5, 5.41) is 16.5. The third-order valence-electron chi connectivity index (χ3n) is 11.2. The van der Waals surface area contributed by atoms with Gasteiger partial charge in [0.15, 0.2) is 0 Å². The SMILES string of the molecule is C=C(OCC)c1cn2c(n1)CN(c1nc3c(c(NC4CCOCC4)n1)S(=O)CC3)CC2.O=S1CCc2nc(N3CCn4ccnc4C3)nc(NC3(CO)CC3)c21. The molecular formula is C37H48N12O5S2. The number of imidazole rings is 2. The Morgan fingerprint density at radius 3 is 2.21 bits per heavy atom. The first-order chi connectivity index (χ1) is 27.3. The number of aryl methyl sites for hydroxylation is 2. The van der Waals surface area contributed by atoms with E-state index in [2.05, 4.69) is 41.1 Å². The van der Waals surface area contributed by atoms with Crippen LogP contribution in [-0.2, 0) is 70.1 Å². The van der Waals surface area contributed by atoms with E-state index in [1.165, 1.54) is 0 Å². The van der Waals surface area contributed by atoms with Crippen molar-refractivity contribution < 1.29 is 23.0 Å². The number of nitrogens with zero attached hydrogens (tertiary/aromatic N) is 10. The fourth-order valence-corrected chi connectivity index (χ4v) is 10.4. The molecule has 4 aromatic rings. The van der Waals surface area contributed by atoms with Gasteiger partial charge in [-0.15, -0.1) is 0 Å². The lowest BCUT2D eigenvalue weighted by Crippen LogP contribution is -2.35. The van der Waals surface area contributed by atoms with Gasteiger partial charge in [-0.05, 0) is 32.6 Å². The Morgan fingerprint density at radius 2 is 1.55 bits per heavy atom. The summed E-state index contributed by atoms with van der Waals surface area (Å²) in [6.45, 7) is 12.5. The van der Waals surface area contributed by atoms with Gasteiger partial charge in [-0.1, -0.05) is 6.58 Å². The maximum absolute atomic E-state index is 12.6.